The molecular formula is C17H26N2O2. The molecule has 116 valence electrons. The first kappa shape index (κ1) is 15.8. The molecule has 0 aromatic heterocycles. The number of hydrogen-bond acceptors (Lipinski definition) is 3. The fourth-order valence-electron chi connectivity index (χ4n) is 3.13. The lowest BCUT2D eigenvalue weighted by Gasteiger charge is -2.41. The third-order valence-corrected chi connectivity index (χ3v) is 4.53. The maximum Gasteiger partial charge on any atom is 0.317 e. The molecule has 1 N–H and O–H groups in total. The number of nitrogens with zero attached hydrogens (tertiary/aromatic N) is 2. The topological polar surface area (TPSA) is 43.8 Å². The van der Waals surface area contributed by atoms with Gasteiger partial charge in [-0.25, -0.2) is 0 Å². The summed E-state index contributed by atoms with van der Waals surface area (Å²) in [5.41, 5.74) is 1.27. The van der Waals surface area contributed by atoms with Gasteiger partial charge in [-0.1, -0.05) is 25.1 Å². The largest absolute Gasteiger partial charge is 0.480 e. The van der Waals surface area contributed by atoms with Crippen molar-refractivity contribution in [2.45, 2.75) is 45.2 Å². The predicted molar refractivity (Wildman–Crippen MR) is 85.8 cm³/mol. The maximum absolute atomic E-state index is 11.1. The summed E-state index contributed by atoms with van der Waals surface area (Å²) in [7, 11) is 0. The van der Waals surface area contributed by atoms with Crippen molar-refractivity contribution in [2.24, 2.45) is 0 Å². The Morgan fingerprint density at radius 1 is 1.33 bits per heavy atom. The Hall–Kier alpha value is -1.55. The van der Waals surface area contributed by atoms with Crippen LogP contribution in [0.1, 0.15) is 33.1 Å². The fourth-order valence-corrected chi connectivity index (χ4v) is 3.13. The maximum atomic E-state index is 11.1. The standard InChI is InChI=1S/C17H26N2O2/c1-3-14(2)19(13-17(20)21)16-9-11-18(12-10-16)15-7-5-4-6-8-15/h4-8,14,16H,3,9-13H2,1-2H3,(H,20,21). The van der Waals surface area contributed by atoms with E-state index in [0.29, 0.717) is 12.1 Å². The van der Waals surface area contributed by atoms with Gasteiger partial charge in [-0.05, 0) is 38.3 Å². The molecule has 1 aromatic carbocycles. The summed E-state index contributed by atoms with van der Waals surface area (Å²) < 4.78 is 0. The number of piperidine rings is 1. The van der Waals surface area contributed by atoms with E-state index < -0.39 is 5.97 Å². The van der Waals surface area contributed by atoms with Gasteiger partial charge < -0.3 is 10.0 Å². The molecule has 4 heteroatoms. The van der Waals surface area contributed by atoms with Crippen LogP contribution in [0.15, 0.2) is 30.3 Å². The number of carboxylic acid groups (broad SMARTS) is 1. The number of para-hydroxylation sites is 1. The van der Waals surface area contributed by atoms with E-state index in [0.717, 1.165) is 32.4 Å². The van der Waals surface area contributed by atoms with E-state index in [-0.39, 0.29) is 6.54 Å². The van der Waals surface area contributed by atoms with Crippen LogP contribution in [-0.2, 0) is 4.79 Å². The molecule has 1 saturated heterocycles. The van der Waals surface area contributed by atoms with E-state index in [9.17, 15) is 4.79 Å². The summed E-state index contributed by atoms with van der Waals surface area (Å²) in [6.07, 6.45) is 3.06. The molecule has 1 aliphatic heterocycles. The SMILES string of the molecule is CCC(C)N(CC(=O)O)C1CCN(c2ccccc2)CC1. The smallest absolute Gasteiger partial charge is 0.317 e. The third kappa shape index (κ3) is 4.21. The van der Waals surface area contributed by atoms with E-state index in [4.69, 9.17) is 5.11 Å². The summed E-state index contributed by atoms with van der Waals surface area (Å²) in [6, 6.07) is 11.2. The van der Waals surface area contributed by atoms with Crippen molar-refractivity contribution < 1.29 is 9.90 Å². The molecule has 1 aliphatic rings. The lowest BCUT2D eigenvalue weighted by molar-refractivity contribution is -0.139. The molecule has 4 nitrogen and oxygen atoms in total. The number of anilines is 1. The van der Waals surface area contributed by atoms with Crippen molar-refractivity contribution in [3.8, 4) is 0 Å². The monoisotopic (exact) mass is 290 g/mol. The van der Waals surface area contributed by atoms with Crippen LogP contribution in [0.4, 0.5) is 5.69 Å². The Bertz CT molecular complexity index is 441. The Balaban J connectivity index is 1.96. The lowest BCUT2D eigenvalue weighted by Crippen LogP contribution is -2.50. The highest BCUT2D eigenvalue weighted by atomic mass is 16.4. The average Bonchev–Trinajstić information content (AvgIpc) is 2.53. The van der Waals surface area contributed by atoms with Gasteiger partial charge in [0.25, 0.3) is 0 Å². The molecule has 0 amide bonds. The van der Waals surface area contributed by atoms with E-state index in [1.54, 1.807) is 0 Å². The summed E-state index contributed by atoms with van der Waals surface area (Å²) >= 11 is 0. The Labute approximate surface area is 127 Å². The van der Waals surface area contributed by atoms with Gasteiger partial charge in [-0.3, -0.25) is 9.69 Å². The van der Waals surface area contributed by atoms with Crippen molar-refractivity contribution in [1.82, 2.24) is 4.90 Å². The Morgan fingerprint density at radius 2 is 1.95 bits per heavy atom. The molecule has 2 rings (SSSR count). The molecule has 0 saturated carbocycles. The number of hydrogen-bond donors (Lipinski definition) is 1. The molecule has 1 heterocycles. The van der Waals surface area contributed by atoms with Crippen LogP contribution in [0.5, 0.6) is 0 Å². The molecule has 1 unspecified atom stereocenters. The van der Waals surface area contributed by atoms with Crippen molar-refractivity contribution >= 4 is 11.7 Å². The van der Waals surface area contributed by atoms with Gasteiger partial charge in [0.2, 0.25) is 0 Å². The molecule has 1 fully saturated rings. The van der Waals surface area contributed by atoms with Gasteiger partial charge in [-0.15, -0.1) is 0 Å². The zero-order valence-electron chi connectivity index (χ0n) is 13.0. The van der Waals surface area contributed by atoms with E-state index in [1.165, 1.54) is 5.69 Å². The van der Waals surface area contributed by atoms with Gasteiger partial charge in [0, 0.05) is 30.9 Å². The first-order valence-corrected chi connectivity index (χ1v) is 7.89. The summed E-state index contributed by atoms with van der Waals surface area (Å²) in [5, 5.41) is 9.14. The lowest BCUT2D eigenvalue weighted by atomic mass is 10.00. The number of carbonyl (C=O) groups is 1. The van der Waals surface area contributed by atoms with E-state index in [1.807, 2.05) is 6.07 Å². The van der Waals surface area contributed by atoms with Gasteiger partial charge in [0.15, 0.2) is 0 Å². The summed E-state index contributed by atoms with van der Waals surface area (Å²) in [6.45, 7) is 6.42. The van der Waals surface area contributed by atoms with Gasteiger partial charge in [-0.2, -0.15) is 0 Å². The van der Waals surface area contributed by atoms with Crippen LogP contribution in [0.25, 0.3) is 0 Å². The molecule has 21 heavy (non-hydrogen) atoms. The molecule has 0 aliphatic carbocycles. The molecule has 0 spiro atoms. The molecule has 0 radical (unpaired) electrons. The first-order valence-electron chi connectivity index (χ1n) is 7.89. The van der Waals surface area contributed by atoms with Gasteiger partial charge >= 0.3 is 5.97 Å². The predicted octanol–water partition coefficient (Wildman–Crippen LogP) is 2.84. The second-order valence-corrected chi connectivity index (χ2v) is 5.88. The van der Waals surface area contributed by atoms with Crippen LogP contribution in [-0.4, -0.2) is 47.7 Å². The van der Waals surface area contributed by atoms with Crippen molar-refractivity contribution in [3.63, 3.8) is 0 Å². The minimum absolute atomic E-state index is 0.158. The zero-order valence-corrected chi connectivity index (χ0v) is 13.0. The quantitative estimate of drug-likeness (QED) is 0.875. The third-order valence-electron chi connectivity index (χ3n) is 4.53. The normalized spacial score (nSPS) is 18.0. The van der Waals surface area contributed by atoms with E-state index >= 15 is 0 Å². The first-order chi connectivity index (χ1) is 10.1. The van der Waals surface area contributed by atoms with Crippen molar-refractivity contribution in [3.05, 3.63) is 30.3 Å². The van der Waals surface area contributed by atoms with Crippen LogP contribution in [0, 0.1) is 0 Å². The zero-order chi connectivity index (χ0) is 15.2. The molecule has 0 bridgehead atoms. The van der Waals surface area contributed by atoms with Gasteiger partial charge in [0.1, 0.15) is 0 Å². The number of aliphatic carboxylic acids is 1. The fraction of sp³-hybridized carbons (Fsp3) is 0.588. The average molecular weight is 290 g/mol. The number of carboxylic acids is 1. The number of benzene rings is 1. The van der Waals surface area contributed by atoms with Crippen LogP contribution < -0.4 is 4.90 Å². The van der Waals surface area contributed by atoms with Crippen LogP contribution in [0.3, 0.4) is 0 Å². The van der Waals surface area contributed by atoms with Crippen LogP contribution in [0.2, 0.25) is 0 Å². The Morgan fingerprint density at radius 3 is 2.48 bits per heavy atom. The number of rotatable bonds is 6. The summed E-state index contributed by atoms with van der Waals surface area (Å²) in [5.74, 6) is -0.721. The highest BCUT2D eigenvalue weighted by Gasteiger charge is 2.28. The van der Waals surface area contributed by atoms with E-state index in [2.05, 4.69) is 47.9 Å². The second kappa shape index (κ2) is 7.46. The van der Waals surface area contributed by atoms with Gasteiger partial charge in [0.05, 0.1) is 6.54 Å². The molecule has 1 atom stereocenters. The highest BCUT2D eigenvalue weighted by Crippen LogP contribution is 2.24. The minimum Gasteiger partial charge on any atom is -0.480 e. The highest BCUT2D eigenvalue weighted by molar-refractivity contribution is 5.69. The van der Waals surface area contributed by atoms with Crippen LogP contribution >= 0.6 is 0 Å². The molecule has 1 aromatic rings. The molecular weight excluding hydrogens is 264 g/mol. The van der Waals surface area contributed by atoms with Crippen molar-refractivity contribution in [1.29, 1.82) is 0 Å². The summed E-state index contributed by atoms with van der Waals surface area (Å²) in [4.78, 5) is 15.7. The van der Waals surface area contributed by atoms with Crippen molar-refractivity contribution in [2.75, 3.05) is 24.5 Å². The second-order valence-electron chi connectivity index (χ2n) is 5.88. The Kier molecular flexibility index (Phi) is 5.62. The minimum atomic E-state index is -0.721.